The second kappa shape index (κ2) is 6.03. The molecule has 2 unspecified atom stereocenters. The van der Waals surface area contributed by atoms with Gasteiger partial charge in [-0.2, -0.15) is 0 Å². The lowest BCUT2D eigenvalue weighted by atomic mass is 10.2. The van der Waals surface area contributed by atoms with Crippen molar-refractivity contribution in [1.82, 2.24) is 4.90 Å². The minimum Gasteiger partial charge on any atom is -0.633 e. The van der Waals surface area contributed by atoms with Crippen LogP contribution >= 0.6 is 11.8 Å². The van der Waals surface area contributed by atoms with E-state index in [2.05, 4.69) is 0 Å². The van der Waals surface area contributed by atoms with Crippen molar-refractivity contribution in [2.45, 2.75) is 24.1 Å². The predicted molar refractivity (Wildman–Crippen MR) is 65.8 cm³/mol. The highest BCUT2D eigenvalue weighted by molar-refractivity contribution is 8.00. The molecule has 6 nitrogen and oxygen atoms in total. The van der Waals surface area contributed by atoms with Crippen LogP contribution in [0.15, 0.2) is 12.3 Å². The van der Waals surface area contributed by atoms with E-state index in [1.165, 1.54) is 0 Å². The van der Waals surface area contributed by atoms with E-state index in [-0.39, 0.29) is 29.4 Å². The molecule has 2 heterocycles. The third kappa shape index (κ3) is 3.57. The second-order valence-electron chi connectivity index (χ2n) is 4.29. The van der Waals surface area contributed by atoms with Gasteiger partial charge in [-0.1, -0.05) is 6.08 Å². The fourth-order valence-corrected chi connectivity index (χ4v) is 2.85. The molecule has 1 fully saturated rings. The average molecular weight is 261 g/mol. The molecule has 0 saturated carbocycles. The Morgan fingerprint density at radius 2 is 2.47 bits per heavy atom. The number of hydrogen-bond acceptors (Lipinski definition) is 6. The Hall–Kier alpha value is -0.310. The van der Waals surface area contributed by atoms with Gasteiger partial charge in [0.25, 0.3) is 0 Å². The quantitative estimate of drug-likeness (QED) is 0.513. The van der Waals surface area contributed by atoms with Crippen LogP contribution in [0.3, 0.4) is 0 Å². The number of nitrogens with one attached hydrogen (secondary N) is 1. The van der Waals surface area contributed by atoms with Crippen molar-refractivity contribution in [1.29, 1.82) is 0 Å². The van der Waals surface area contributed by atoms with Crippen LogP contribution in [0, 0.1) is 5.21 Å². The Bertz CT molecular complexity index is 280. The molecule has 2 aliphatic heterocycles. The van der Waals surface area contributed by atoms with Crippen molar-refractivity contribution >= 4 is 11.8 Å². The summed E-state index contributed by atoms with van der Waals surface area (Å²) in [6, 6.07) is -0.0653. The number of quaternary nitrogens is 1. The van der Waals surface area contributed by atoms with Crippen molar-refractivity contribution < 1.29 is 14.9 Å². The van der Waals surface area contributed by atoms with Crippen LogP contribution in [0.2, 0.25) is 0 Å². The minimum absolute atomic E-state index is 0.00613. The van der Waals surface area contributed by atoms with Crippen molar-refractivity contribution in [3.05, 3.63) is 17.5 Å². The van der Waals surface area contributed by atoms with Gasteiger partial charge in [-0.05, 0) is 0 Å². The van der Waals surface area contributed by atoms with E-state index >= 15 is 0 Å². The average Bonchev–Trinajstić information content (AvgIpc) is 2.78. The van der Waals surface area contributed by atoms with Gasteiger partial charge >= 0.3 is 0 Å². The normalized spacial score (nSPS) is 39.1. The van der Waals surface area contributed by atoms with E-state index < -0.39 is 0 Å². The van der Waals surface area contributed by atoms with E-state index in [9.17, 15) is 5.21 Å². The Morgan fingerprint density at radius 1 is 1.65 bits per heavy atom. The molecule has 0 amide bonds. The number of hydroxylamine groups is 2. The van der Waals surface area contributed by atoms with Crippen LogP contribution in [-0.4, -0.2) is 53.3 Å². The Balaban J connectivity index is 1.97. The standard InChI is InChI=1S/C10H19N3O3S/c11-8-1-3-12(7-13(15)4-2-8)9-6-17-10(5-14)16-9/h1,3,8-10,13-14H,2,4-7,11H2/t8?,9-,10+/m1/s1. The lowest BCUT2D eigenvalue weighted by Crippen LogP contribution is -3.09. The van der Waals surface area contributed by atoms with Crippen LogP contribution in [0.25, 0.3) is 0 Å². The van der Waals surface area contributed by atoms with Crippen molar-refractivity contribution in [3.8, 4) is 0 Å². The SMILES string of the molecule is NC1C=CN([C@H]2CS[C@@H](CO)O2)C[NH+]([O-])CC1. The number of nitrogens with zero attached hydrogens (tertiary/aromatic N) is 1. The molecule has 0 aromatic rings. The molecule has 17 heavy (non-hydrogen) atoms. The molecule has 0 aromatic carbocycles. The van der Waals surface area contributed by atoms with Crippen LogP contribution in [0.5, 0.6) is 0 Å². The van der Waals surface area contributed by atoms with Gasteiger partial charge in [0.15, 0.2) is 6.67 Å². The molecular formula is C10H19N3O3S. The maximum Gasteiger partial charge on any atom is 0.154 e. The smallest absolute Gasteiger partial charge is 0.154 e. The van der Waals surface area contributed by atoms with E-state index in [1.54, 1.807) is 11.8 Å². The molecular weight excluding hydrogens is 242 g/mol. The minimum atomic E-state index is -0.178. The fourth-order valence-electron chi connectivity index (χ4n) is 1.89. The summed E-state index contributed by atoms with van der Waals surface area (Å²) >= 11 is 1.57. The first kappa shape index (κ1) is 13.1. The third-order valence-electron chi connectivity index (χ3n) is 2.89. The number of hydrogen-bond donors (Lipinski definition) is 3. The molecule has 0 spiro atoms. The molecule has 0 radical (unpaired) electrons. The van der Waals surface area contributed by atoms with Crippen molar-refractivity contribution in [2.75, 3.05) is 25.6 Å². The van der Waals surface area contributed by atoms with Gasteiger partial charge in [-0.3, -0.25) is 0 Å². The second-order valence-corrected chi connectivity index (χ2v) is 5.48. The number of aliphatic hydroxyl groups is 1. The molecule has 0 aromatic heterocycles. The van der Waals surface area contributed by atoms with Gasteiger partial charge < -0.3 is 30.7 Å². The maximum absolute atomic E-state index is 11.7. The predicted octanol–water partition coefficient (Wildman–Crippen LogP) is -1.72. The van der Waals surface area contributed by atoms with Gasteiger partial charge in [0.05, 0.1) is 13.2 Å². The topological polar surface area (TPSA) is 86.2 Å². The molecule has 4 atom stereocenters. The summed E-state index contributed by atoms with van der Waals surface area (Å²) in [6.45, 7) is 0.893. The summed E-state index contributed by atoms with van der Waals surface area (Å²) in [7, 11) is 0. The van der Waals surface area contributed by atoms with E-state index in [4.69, 9.17) is 15.6 Å². The number of thioether (sulfide) groups is 1. The van der Waals surface area contributed by atoms with Gasteiger partial charge in [0.2, 0.25) is 0 Å². The van der Waals surface area contributed by atoms with Gasteiger partial charge in [-0.25, -0.2) is 0 Å². The van der Waals surface area contributed by atoms with Crippen molar-refractivity contribution in [2.24, 2.45) is 5.73 Å². The summed E-state index contributed by atoms with van der Waals surface area (Å²) in [4.78, 5) is 1.88. The summed E-state index contributed by atoms with van der Waals surface area (Å²) in [5.41, 5.74) is 5.65. The Labute approximate surface area is 105 Å². The van der Waals surface area contributed by atoms with E-state index in [1.807, 2.05) is 17.2 Å². The summed E-state index contributed by atoms with van der Waals surface area (Å²) < 4.78 is 5.62. The number of aliphatic hydroxyl groups excluding tert-OH is 1. The molecule has 4 N–H and O–H groups in total. The first-order valence-corrected chi connectivity index (χ1v) is 6.83. The fraction of sp³-hybridized carbons (Fsp3) is 0.800. The monoisotopic (exact) mass is 261 g/mol. The van der Waals surface area contributed by atoms with E-state index in [0.717, 1.165) is 5.75 Å². The lowest BCUT2D eigenvalue weighted by Gasteiger charge is -2.34. The zero-order chi connectivity index (χ0) is 12.3. The maximum atomic E-state index is 11.7. The number of ether oxygens (including phenoxy) is 1. The van der Waals surface area contributed by atoms with Crippen LogP contribution in [-0.2, 0) is 4.74 Å². The first-order chi connectivity index (χ1) is 8.19. The van der Waals surface area contributed by atoms with Crippen molar-refractivity contribution in [3.63, 3.8) is 0 Å². The highest BCUT2D eigenvalue weighted by Crippen LogP contribution is 2.26. The number of nitrogens with two attached hydrogens (primary N) is 1. The molecule has 2 aliphatic rings. The zero-order valence-corrected chi connectivity index (χ0v) is 10.4. The zero-order valence-electron chi connectivity index (χ0n) is 9.62. The summed E-state index contributed by atoms with van der Waals surface area (Å²) in [5, 5.41) is 20.9. The summed E-state index contributed by atoms with van der Waals surface area (Å²) in [6.07, 6.45) is 4.34. The largest absolute Gasteiger partial charge is 0.633 e. The molecule has 0 aliphatic carbocycles. The first-order valence-electron chi connectivity index (χ1n) is 5.78. The third-order valence-corrected chi connectivity index (χ3v) is 4.00. The highest BCUT2D eigenvalue weighted by atomic mass is 32.2. The van der Waals surface area contributed by atoms with Gasteiger partial charge in [0.1, 0.15) is 11.7 Å². The Kier molecular flexibility index (Phi) is 4.66. The molecule has 98 valence electrons. The van der Waals surface area contributed by atoms with Gasteiger partial charge in [-0.15, -0.1) is 11.8 Å². The van der Waals surface area contributed by atoms with E-state index in [0.29, 0.717) is 19.6 Å². The molecule has 7 heteroatoms. The molecule has 0 bridgehead atoms. The van der Waals surface area contributed by atoms with Crippen LogP contribution in [0.1, 0.15) is 6.42 Å². The van der Waals surface area contributed by atoms with Crippen LogP contribution < -0.4 is 10.8 Å². The van der Waals surface area contributed by atoms with Gasteiger partial charge in [0, 0.05) is 24.4 Å². The highest BCUT2D eigenvalue weighted by Gasteiger charge is 2.30. The number of rotatable bonds is 2. The molecule has 2 rings (SSSR count). The Morgan fingerprint density at radius 3 is 3.18 bits per heavy atom. The lowest BCUT2D eigenvalue weighted by molar-refractivity contribution is -0.860. The van der Waals surface area contributed by atoms with Crippen LogP contribution in [0.4, 0.5) is 0 Å². The molecule has 1 saturated heterocycles. The summed E-state index contributed by atoms with van der Waals surface area (Å²) in [5.74, 6) is 0.762.